The zero-order chi connectivity index (χ0) is 13.0. The summed E-state index contributed by atoms with van der Waals surface area (Å²) in [4.78, 5) is 2.61. The van der Waals surface area contributed by atoms with E-state index >= 15 is 0 Å². The molecule has 1 spiro atoms. The van der Waals surface area contributed by atoms with Crippen LogP contribution in [-0.4, -0.2) is 60.8 Å². The number of thioether (sulfide) groups is 1. The van der Waals surface area contributed by atoms with E-state index in [1.165, 1.54) is 76.2 Å². The molecule has 0 aromatic rings. The molecule has 3 saturated heterocycles. The van der Waals surface area contributed by atoms with Crippen LogP contribution < -0.4 is 5.32 Å². The monoisotopic (exact) mass is 284 g/mol. The van der Waals surface area contributed by atoms with Crippen molar-refractivity contribution in [3.63, 3.8) is 0 Å². The molecule has 110 valence electrons. The minimum atomic E-state index is 0.232. The normalized spacial score (nSPS) is 36.3. The zero-order valence-electron chi connectivity index (χ0n) is 12.0. The van der Waals surface area contributed by atoms with Gasteiger partial charge in [0.25, 0.3) is 0 Å². The third-order valence-electron chi connectivity index (χ3n) is 4.84. The first-order chi connectivity index (χ1) is 9.36. The first kappa shape index (κ1) is 14.2. The Balaban J connectivity index is 1.33. The van der Waals surface area contributed by atoms with Gasteiger partial charge in [-0.1, -0.05) is 0 Å². The molecule has 3 nitrogen and oxygen atoms in total. The van der Waals surface area contributed by atoms with Crippen LogP contribution in [0.15, 0.2) is 0 Å². The van der Waals surface area contributed by atoms with Crippen molar-refractivity contribution in [3.05, 3.63) is 0 Å². The van der Waals surface area contributed by atoms with E-state index in [0.29, 0.717) is 6.04 Å². The largest absolute Gasteiger partial charge is 0.374 e. The molecule has 0 radical (unpaired) electrons. The first-order valence-corrected chi connectivity index (χ1v) is 9.19. The summed E-state index contributed by atoms with van der Waals surface area (Å²) in [5.74, 6) is 2.51. The Morgan fingerprint density at radius 3 is 3.00 bits per heavy atom. The summed E-state index contributed by atoms with van der Waals surface area (Å²) < 4.78 is 6.08. The summed E-state index contributed by atoms with van der Waals surface area (Å²) in [6, 6.07) is 0.700. The molecule has 0 aliphatic carbocycles. The maximum absolute atomic E-state index is 6.08. The zero-order valence-corrected chi connectivity index (χ0v) is 12.8. The van der Waals surface area contributed by atoms with Gasteiger partial charge in [0.1, 0.15) is 0 Å². The van der Waals surface area contributed by atoms with Gasteiger partial charge >= 0.3 is 0 Å². The van der Waals surface area contributed by atoms with E-state index in [0.717, 1.165) is 6.61 Å². The summed E-state index contributed by atoms with van der Waals surface area (Å²) in [6.45, 7) is 6.10. The number of hydrogen-bond donors (Lipinski definition) is 1. The van der Waals surface area contributed by atoms with Gasteiger partial charge in [0.2, 0.25) is 0 Å². The molecule has 0 aromatic heterocycles. The molecular formula is C15H28N2OS. The summed E-state index contributed by atoms with van der Waals surface area (Å²) in [5, 5.41) is 3.78. The number of nitrogens with zero attached hydrogens (tertiary/aromatic N) is 1. The highest BCUT2D eigenvalue weighted by Gasteiger charge is 2.40. The maximum atomic E-state index is 6.08. The maximum Gasteiger partial charge on any atom is 0.0795 e. The molecule has 3 aliphatic heterocycles. The van der Waals surface area contributed by atoms with Crippen molar-refractivity contribution in [2.45, 2.75) is 50.2 Å². The highest BCUT2D eigenvalue weighted by molar-refractivity contribution is 7.99. The van der Waals surface area contributed by atoms with E-state index in [1.807, 2.05) is 0 Å². The Hall–Kier alpha value is 0.230. The summed E-state index contributed by atoms with van der Waals surface area (Å²) in [6.07, 6.45) is 7.84. The minimum absolute atomic E-state index is 0.232. The lowest BCUT2D eigenvalue weighted by atomic mass is 9.90. The van der Waals surface area contributed by atoms with Crippen LogP contribution in [0.25, 0.3) is 0 Å². The van der Waals surface area contributed by atoms with E-state index in [4.69, 9.17) is 4.74 Å². The van der Waals surface area contributed by atoms with Gasteiger partial charge in [0.15, 0.2) is 0 Å². The van der Waals surface area contributed by atoms with Crippen molar-refractivity contribution in [1.82, 2.24) is 10.2 Å². The average Bonchev–Trinajstić information content (AvgIpc) is 3.07. The van der Waals surface area contributed by atoms with Crippen LogP contribution in [0, 0.1) is 0 Å². The van der Waals surface area contributed by atoms with Crippen molar-refractivity contribution in [2.24, 2.45) is 0 Å². The molecule has 2 unspecified atom stereocenters. The lowest BCUT2D eigenvalue weighted by Crippen LogP contribution is -2.47. The Labute approximate surface area is 121 Å². The molecule has 4 heteroatoms. The smallest absolute Gasteiger partial charge is 0.0795 e. The van der Waals surface area contributed by atoms with Crippen LogP contribution >= 0.6 is 11.8 Å². The van der Waals surface area contributed by atoms with Gasteiger partial charge in [-0.25, -0.2) is 0 Å². The van der Waals surface area contributed by atoms with Gasteiger partial charge in [-0.3, -0.25) is 0 Å². The molecule has 3 rings (SSSR count). The van der Waals surface area contributed by atoms with Crippen LogP contribution in [0.3, 0.4) is 0 Å². The second-order valence-corrected chi connectivity index (χ2v) is 7.49. The van der Waals surface area contributed by atoms with Crippen molar-refractivity contribution in [3.8, 4) is 0 Å². The quantitative estimate of drug-likeness (QED) is 0.782. The van der Waals surface area contributed by atoms with E-state index in [-0.39, 0.29) is 5.60 Å². The molecule has 0 amide bonds. The average molecular weight is 284 g/mol. The number of ether oxygens (including phenoxy) is 1. The summed E-state index contributed by atoms with van der Waals surface area (Å²) in [5.41, 5.74) is 0.232. The predicted octanol–water partition coefficient (Wildman–Crippen LogP) is 2.12. The fraction of sp³-hybridized carbons (Fsp3) is 1.00. The topological polar surface area (TPSA) is 24.5 Å². The molecule has 19 heavy (non-hydrogen) atoms. The Morgan fingerprint density at radius 2 is 2.21 bits per heavy atom. The van der Waals surface area contributed by atoms with Gasteiger partial charge < -0.3 is 15.0 Å². The fourth-order valence-electron chi connectivity index (χ4n) is 3.68. The Morgan fingerprint density at radius 1 is 1.32 bits per heavy atom. The Kier molecular flexibility index (Phi) is 5.07. The number of nitrogens with one attached hydrogen (secondary N) is 1. The third-order valence-corrected chi connectivity index (χ3v) is 6.07. The standard InChI is InChI=1S/C15H28N2OS/c1-2-8-17(7-1)9-3-6-16-14-4-10-18-15(12-14)5-11-19-13-15/h14,16H,1-13H2. The van der Waals surface area contributed by atoms with Crippen LogP contribution in [-0.2, 0) is 4.74 Å². The van der Waals surface area contributed by atoms with Gasteiger partial charge in [0, 0.05) is 18.4 Å². The molecule has 3 aliphatic rings. The van der Waals surface area contributed by atoms with E-state index in [9.17, 15) is 0 Å². The fourth-order valence-corrected chi connectivity index (χ4v) is 5.06. The van der Waals surface area contributed by atoms with Crippen molar-refractivity contribution in [1.29, 1.82) is 0 Å². The number of likely N-dealkylation sites (tertiary alicyclic amines) is 1. The van der Waals surface area contributed by atoms with Gasteiger partial charge in [-0.15, -0.1) is 0 Å². The van der Waals surface area contributed by atoms with Crippen LogP contribution in [0.4, 0.5) is 0 Å². The molecule has 0 aromatic carbocycles. The molecule has 0 bridgehead atoms. The first-order valence-electron chi connectivity index (χ1n) is 8.04. The van der Waals surface area contributed by atoms with Crippen LogP contribution in [0.5, 0.6) is 0 Å². The van der Waals surface area contributed by atoms with E-state index in [1.54, 1.807) is 0 Å². The lowest BCUT2D eigenvalue weighted by Gasteiger charge is -2.38. The van der Waals surface area contributed by atoms with Crippen molar-refractivity contribution >= 4 is 11.8 Å². The number of hydrogen-bond acceptors (Lipinski definition) is 4. The molecule has 2 atom stereocenters. The predicted molar refractivity (Wildman–Crippen MR) is 81.9 cm³/mol. The van der Waals surface area contributed by atoms with Gasteiger partial charge in [-0.05, 0) is 70.5 Å². The molecule has 3 fully saturated rings. The van der Waals surface area contributed by atoms with Crippen LogP contribution in [0.2, 0.25) is 0 Å². The van der Waals surface area contributed by atoms with E-state index < -0.39 is 0 Å². The van der Waals surface area contributed by atoms with Gasteiger partial charge in [-0.2, -0.15) is 11.8 Å². The van der Waals surface area contributed by atoms with Crippen LogP contribution in [0.1, 0.15) is 38.5 Å². The summed E-state index contributed by atoms with van der Waals surface area (Å²) >= 11 is 2.07. The molecular weight excluding hydrogens is 256 g/mol. The minimum Gasteiger partial charge on any atom is -0.374 e. The highest BCUT2D eigenvalue weighted by Crippen LogP contribution is 2.38. The second-order valence-electron chi connectivity index (χ2n) is 6.38. The molecule has 3 heterocycles. The van der Waals surface area contributed by atoms with E-state index in [2.05, 4.69) is 22.0 Å². The van der Waals surface area contributed by atoms with Crippen molar-refractivity contribution < 1.29 is 4.74 Å². The van der Waals surface area contributed by atoms with Crippen molar-refractivity contribution in [2.75, 3.05) is 44.3 Å². The van der Waals surface area contributed by atoms with Gasteiger partial charge in [0.05, 0.1) is 5.60 Å². The highest BCUT2D eigenvalue weighted by atomic mass is 32.2. The lowest BCUT2D eigenvalue weighted by molar-refractivity contribution is -0.0700. The SMILES string of the molecule is C1CCN(CCCNC2CCOC3(CCSC3)C2)C1. The second kappa shape index (κ2) is 6.79. The Bertz CT molecular complexity index is 275. The summed E-state index contributed by atoms with van der Waals surface area (Å²) in [7, 11) is 0. The third kappa shape index (κ3) is 3.87. The number of rotatable bonds is 5. The molecule has 1 N–H and O–H groups in total. The molecule has 0 saturated carbocycles.